The maximum Gasteiger partial charge on any atom is 0.433 e. The van der Waals surface area contributed by atoms with Crippen LogP contribution < -0.4 is 0 Å². The van der Waals surface area contributed by atoms with E-state index in [0.29, 0.717) is 27.7 Å². The van der Waals surface area contributed by atoms with Crippen LogP contribution >= 0.6 is 11.6 Å². The largest absolute Gasteiger partial charge is 0.433 e. The number of benzene rings is 2. The second-order valence-electron chi connectivity index (χ2n) is 9.62. The molecule has 12 heteroatoms. The molecule has 5 aromatic rings. The highest BCUT2D eigenvalue weighted by atomic mass is 35.5. The number of imidazole rings is 1. The molecule has 0 aliphatic carbocycles. The van der Waals surface area contributed by atoms with Crippen molar-refractivity contribution in [3.63, 3.8) is 0 Å². The Morgan fingerprint density at radius 2 is 1.54 bits per heavy atom. The molecule has 5 nitrogen and oxygen atoms in total. The standard InChI is InChI=1S/C29H21ClF6N4O/c1-16-21(11-17-3-5-18(6-4-17)28(31,32)33)26(30)22-12-19(7-8-23(22)39-16)27(41,25-14-37-15-40(25)2)20-9-10-38-24(13-20)29(34,35)36/h3-10,12-15,41H,11H2,1-2H3. The first-order valence-corrected chi connectivity index (χ1v) is 12.6. The molecule has 0 spiro atoms. The van der Waals surface area contributed by atoms with E-state index in [1.807, 2.05) is 0 Å². The molecule has 0 aliphatic rings. The van der Waals surface area contributed by atoms with Crippen LogP contribution in [0.3, 0.4) is 0 Å². The third-order valence-electron chi connectivity index (χ3n) is 6.96. The van der Waals surface area contributed by atoms with Crippen LogP contribution in [-0.4, -0.2) is 24.6 Å². The number of hydrogen-bond acceptors (Lipinski definition) is 4. The number of nitrogens with zero attached hydrogens (tertiary/aromatic N) is 4. The Bertz CT molecular complexity index is 1750. The average Bonchev–Trinajstić information content (AvgIpc) is 3.36. The Balaban J connectivity index is 1.66. The molecule has 0 amide bonds. The minimum Gasteiger partial charge on any atom is -0.374 e. The van der Waals surface area contributed by atoms with Crippen molar-refractivity contribution in [1.82, 2.24) is 19.5 Å². The number of halogens is 7. The number of aromatic nitrogens is 4. The maximum absolute atomic E-state index is 13.5. The summed E-state index contributed by atoms with van der Waals surface area (Å²) in [5.74, 6) is 0. The van der Waals surface area contributed by atoms with E-state index in [0.717, 1.165) is 24.4 Å². The summed E-state index contributed by atoms with van der Waals surface area (Å²) < 4.78 is 81.1. The van der Waals surface area contributed by atoms with E-state index in [9.17, 15) is 31.4 Å². The molecule has 1 N–H and O–H groups in total. The van der Waals surface area contributed by atoms with Crippen molar-refractivity contribution in [3.8, 4) is 0 Å². The van der Waals surface area contributed by atoms with Crippen LogP contribution in [0, 0.1) is 6.92 Å². The zero-order chi connectivity index (χ0) is 29.7. The van der Waals surface area contributed by atoms with Gasteiger partial charge in [0, 0.05) is 30.7 Å². The maximum atomic E-state index is 13.5. The van der Waals surface area contributed by atoms with E-state index < -0.39 is 29.2 Å². The van der Waals surface area contributed by atoms with Crippen molar-refractivity contribution in [2.75, 3.05) is 0 Å². The highest BCUT2D eigenvalue weighted by molar-refractivity contribution is 6.36. The van der Waals surface area contributed by atoms with Crippen molar-refractivity contribution in [2.45, 2.75) is 31.3 Å². The number of hydrogen-bond donors (Lipinski definition) is 1. The molecule has 3 heterocycles. The lowest BCUT2D eigenvalue weighted by atomic mass is 9.83. The van der Waals surface area contributed by atoms with E-state index in [1.165, 1.54) is 35.3 Å². The lowest BCUT2D eigenvalue weighted by molar-refractivity contribution is -0.141. The zero-order valence-corrected chi connectivity index (χ0v) is 22.3. The van der Waals surface area contributed by atoms with Gasteiger partial charge in [-0.3, -0.25) is 9.97 Å². The van der Waals surface area contributed by atoms with Crippen molar-refractivity contribution in [3.05, 3.63) is 123 Å². The van der Waals surface area contributed by atoms with E-state index in [-0.39, 0.29) is 28.3 Å². The minimum atomic E-state index is -4.75. The van der Waals surface area contributed by atoms with Crippen LogP contribution in [-0.2, 0) is 31.4 Å². The predicted molar refractivity (Wildman–Crippen MR) is 140 cm³/mol. The van der Waals surface area contributed by atoms with Gasteiger partial charge in [-0.05, 0) is 65.6 Å². The summed E-state index contributed by atoms with van der Waals surface area (Å²) in [6.07, 6.45) is -5.30. The first-order chi connectivity index (χ1) is 19.2. The molecule has 0 saturated heterocycles. The first kappa shape index (κ1) is 28.6. The number of alkyl halides is 6. The van der Waals surface area contributed by atoms with Crippen molar-refractivity contribution >= 4 is 22.5 Å². The van der Waals surface area contributed by atoms with Crippen LogP contribution in [0.4, 0.5) is 26.3 Å². The molecule has 2 aromatic carbocycles. The Labute approximate surface area is 235 Å². The second kappa shape index (κ2) is 10.1. The molecule has 1 unspecified atom stereocenters. The van der Waals surface area contributed by atoms with Crippen molar-refractivity contribution < 1.29 is 31.4 Å². The zero-order valence-electron chi connectivity index (χ0n) is 21.5. The van der Waals surface area contributed by atoms with Gasteiger partial charge in [0.15, 0.2) is 5.60 Å². The van der Waals surface area contributed by atoms with Gasteiger partial charge in [0.1, 0.15) is 5.69 Å². The number of pyridine rings is 2. The summed E-state index contributed by atoms with van der Waals surface area (Å²) in [5, 5.41) is 12.8. The number of aryl methyl sites for hydroxylation is 2. The Morgan fingerprint density at radius 1 is 0.878 bits per heavy atom. The summed E-state index contributed by atoms with van der Waals surface area (Å²) in [5.41, 5.74) is -1.60. The van der Waals surface area contributed by atoms with Gasteiger partial charge in [0.25, 0.3) is 0 Å². The third-order valence-corrected chi connectivity index (χ3v) is 7.39. The SMILES string of the molecule is Cc1nc2ccc(C(O)(c3ccnc(C(F)(F)F)c3)c3cncn3C)cc2c(Cl)c1Cc1ccc(C(F)(F)F)cc1. The van der Waals surface area contributed by atoms with Gasteiger partial charge in [-0.2, -0.15) is 26.3 Å². The first-order valence-electron chi connectivity index (χ1n) is 12.2. The Morgan fingerprint density at radius 3 is 2.15 bits per heavy atom. The fourth-order valence-corrected chi connectivity index (χ4v) is 5.16. The van der Waals surface area contributed by atoms with E-state index in [4.69, 9.17) is 11.6 Å². The van der Waals surface area contributed by atoms with E-state index in [2.05, 4.69) is 15.0 Å². The van der Waals surface area contributed by atoms with Gasteiger partial charge in [-0.25, -0.2) is 4.98 Å². The predicted octanol–water partition coefficient (Wildman–Crippen LogP) is 7.24. The number of rotatable bonds is 5. The molecule has 0 bridgehead atoms. The van der Waals surface area contributed by atoms with Crippen molar-refractivity contribution in [1.29, 1.82) is 0 Å². The average molecular weight is 591 g/mol. The fraction of sp³-hybridized carbons (Fsp3) is 0.207. The fourth-order valence-electron chi connectivity index (χ4n) is 4.80. The van der Waals surface area contributed by atoms with Crippen LogP contribution in [0.5, 0.6) is 0 Å². The van der Waals surface area contributed by atoms with E-state index >= 15 is 0 Å². The molecule has 212 valence electrons. The monoisotopic (exact) mass is 590 g/mol. The normalized spacial score (nSPS) is 13.9. The summed E-state index contributed by atoms with van der Waals surface area (Å²) >= 11 is 6.83. The summed E-state index contributed by atoms with van der Waals surface area (Å²) in [4.78, 5) is 12.0. The number of aliphatic hydroxyl groups is 1. The molecule has 0 saturated carbocycles. The molecular formula is C29H21ClF6N4O. The van der Waals surface area contributed by atoms with Crippen LogP contribution in [0.15, 0.2) is 73.3 Å². The summed E-state index contributed by atoms with van der Waals surface area (Å²) in [7, 11) is 1.60. The smallest absolute Gasteiger partial charge is 0.374 e. The highest BCUT2D eigenvalue weighted by Crippen LogP contribution is 2.41. The molecular weight excluding hydrogens is 570 g/mol. The summed E-state index contributed by atoms with van der Waals surface area (Å²) in [6.45, 7) is 1.72. The molecule has 5 rings (SSSR count). The lowest BCUT2D eigenvalue weighted by Crippen LogP contribution is -2.31. The number of fused-ring (bicyclic) bond motifs is 1. The van der Waals surface area contributed by atoms with Gasteiger partial charge in [0.05, 0.1) is 34.3 Å². The second-order valence-corrected chi connectivity index (χ2v) is 10.00. The summed E-state index contributed by atoms with van der Waals surface area (Å²) in [6, 6.07) is 11.5. The van der Waals surface area contributed by atoms with Gasteiger partial charge in [-0.1, -0.05) is 29.8 Å². The van der Waals surface area contributed by atoms with E-state index in [1.54, 1.807) is 32.2 Å². The Hall–Kier alpha value is -3.96. The molecule has 0 fully saturated rings. The van der Waals surface area contributed by atoms with Crippen LogP contribution in [0.25, 0.3) is 10.9 Å². The van der Waals surface area contributed by atoms with Crippen molar-refractivity contribution in [2.24, 2.45) is 7.05 Å². The lowest BCUT2D eigenvalue weighted by Gasteiger charge is -2.30. The highest BCUT2D eigenvalue weighted by Gasteiger charge is 2.40. The molecule has 1 atom stereocenters. The molecule has 0 aliphatic heterocycles. The van der Waals surface area contributed by atoms with Gasteiger partial charge in [0.2, 0.25) is 0 Å². The quantitative estimate of drug-likeness (QED) is 0.219. The molecule has 0 radical (unpaired) electrons. The minimum absolute atomic E-state index is 0.0936. The Kier molecular flexibility index (Phi) is 7.07. The molecule has 41 heavy (non-hydrogen) atoms. The van der Waals surface area contributed by atoms with Gasteiger partial charge < -0.3 is 9.67 Å². The third kappa shape index (κ3) is 5.27. The van der Waals surface area contributed by atoms with Crippen LogP contribution in [0.2, 0.25) is 5.02 Å². The van der Waals surface area contributed by atoms with Gasteiger partial charge >= 0.3 is 12.4 Å². The molecule has 3 aromatic heterocycles. The van der Waals surface area contributed by atoms with Crippen LogP contribution in [0.1, 0.15) is 44.9 Å². The van der Waals surface area contributed by atoms with Gasteiger partial charge in [-0.15, -0.1) is 0 Å². The topological polar surface area (TPSA) is 63.8 Å².